The van der Waals surface area contributed by atoms with E-state index >= 15 is 0 Å². The van der Waals surface area contributed by atoms with Crippen molar-refractivity contribution in [3.05, 3.63) is 16.0 Å². The fourth-order valence-corrected chi connectivity index (χ4v) is 2.55. The van der Waals surface area contributed by atoms with Crippen molar-refractivity contribution < 1.29 is 4.74 Å². The molecular weight excluding hydrogens is 256 g/mol. The van der Waals surface area contributed by atoms with Crippen LogP contribution in [0.5, 0.6) is 0 Å². The SMILES string of the molecule is CCc1ncc(-c2n[nH]c(=S)n2CCOC)s1. The molecule has 0 aliphatic carbocycles. The number of aromatic amines is 1. The molecule has 0 spiro atoms. The fraction of sp³-hybridized carbons (Fsp3) is 0.500. The zero-order valence-electron chi connectivity index (χ0n) is 9.77. The monoisotopic (exact) mass is 270 g/mol. The quantitative estimate of drug-likeness (QED) is 0.847. The fourth-order valence-electron chi connectivity index (χ4n) is 1.47. The lowest BCUT2D eigenvalue weighted by Crippen LogP contribution is -2.05. The van der Waals surface area contributed by atoms with E-state index in [-0.39, 0.29) is 0 Å². The maximum absolute atomic E-state index is 5.19. The van der Waals surface area contributed by atoms with Gasteiger partial charge >= 0.3 is 0 Å². The van der Waals surface area contributed by atoms with Crippen molar-refractivity contribution in [3.63, 3.8) is 0 Å². The van der Waals surface area contributed by atoms with Crippen molar-refractivity contribution in [1.82, 2.24) is 19.7 Å². The smallest absolute Gasteiger partial charge is 0.195 e. The van der Waals surface area contributed by atoms with E-state index in [1.807, 2.05) is 10.8 Å². The summed E-state index contributed by atoms with van der Waals surface area (Å²) in [5, 5.41) is 8.16. The minimum atomic E-state index is 0.611. The molecule has 0 aromatic carbocycles. The number of hydrogen-bond donors (Lipinski definition) is 1. The van der Waals surface area contributed by atoms with E-state index in [9.17, 15) is 0 Å². The molecule has 17 heavy (non-hydrogen) atoms. The van der Waals surface area contributed by atoms with E-state index in [4.69, 9.17) is 17.0 Å². The number of aryl methyl sites for hydroxylation is 1. The average Bonchev–Trinajstić information content (AvgIpc) is 2.93. The van der Waals surface area contributed by atoms with Crippen molar-refractivity contribution >= 4 is 23.6 Å². The molecular formula is C10H14N4OS2. The molecule has 7 heteroatoms. The number of hydrogen-bond acceptors (Lipinski definition) is 5. The van der Waals surface area contributed by atoms with Crippen molar-refractivity contribution in [3.8, 4) is 10.7 Å². The summed E-state index contributed by atoms with van der Waals surface area (Å²) in [6, 6.07) is 0. The van der Waals surface area contributed by atoms with Crippen LogP contribution in [0.2, 0.25) is 0 Å². The Morgan fingerprint density at radius 2 is 2.41 bits per heavy atom. The molecule has 0 saturated heterocycles. The first-order chi connectivity index (χ1) is 8.26. The van der Waals surface area contributed by atoms with Gasteiger partial charge in [0.1, 0.15) is 0 Å². The molecule has 0 radical (unpaired) electrons. The Kier molecular flexibility index (Phi) is 4.03. The predicted octanol–water partition coefficient (Wildman–Crippen LogP) is 2.27. The summed E-state index contributed by atoms with van der Waals surface area (Å²) in [5.41, 5.74) is 0. The Morgan fingerprint density at radius 3 is 3.06 bits per heavy atom. The molecule has 5 nitrogen and oxygen atoms in total. The predicted molar refractivity (Wildman–Crippen MR) is 69.8 cm³/mol. The lowest BCUT2D eigenvalue weighted by molar-refractivity contribution is 0.187. The molecule has 1 N–H and O–H groups in total. The van der Waals surface area contributed by atoms with Gasteiger partial charge in [-0.05, 0) is 18.6 Å². The van der Waals surface area contributed by atoms with Crippen LogP contribution in [0, 0.1) is 4.77 Å². The molecule has 2 aromatic rings. The van der Waals surface area contributed by atoms with Crippen LogP contribution in [-0.4, -0.2) is 33.5 Å². The van der Waals surface area contributed by atoms with Gasteiger partial charge in [-0.15, -0.1) is 11.3 Å². The molecule has 0 bridgehead atoms. The number of H-pyrrole nitrogens is 1. The van der Waals surface area contributed by atoms with Crippen LogP contribution in [-0.2, 0) is 17.7 Å². The molecule has 0 aliphatic rings. The van der Waals surface area contributed by atoms with E-state index in [1.165, 1.54) is 0 Å². The average molecular weight is 270 g/mol. The normalized spacial score (nSPS) is 10.9. The molecule has 2 rings (SSSR count). The molecule has 2 heterocycles. The van der Waals surface area contributed by atoms with Gasteiger partial charge in [-0.2, -0.15) is 5.10 Å². The summed E-state index contributed by atoms with van der Waals surface area (Å²) in [7, 11) is 1.67. The number of aromatic nitrogens is 4. The van der Waals surface area contributed by atoms with Crippen LogP contribution >= 0.6 is 23.6 Å². The topological polar surface area (TPSA) is 55.7 Å². The van der Waals surface area contributed by atoms with E-state index < -0.39 is 0 Å². The molecule has 2 aromatic heterocycles. The second-order valence-electron chi connectivity index (χ2n) is 3.47. The van der Waals surface area contributed by atoms with Gasteiger partial charge in [0.25, 0.3) is 0 Å². The number of methoxy groups -OCH3 is 1. The van der Waals surface area contributed by atoms with Crippen LogP contribution in [0.25, 0.3) is 10.7 Å². The van der Waals surface area contributed by atoms with Crippen molar-refractivity contribution in [2.24, 2.45) is 0 Å². The number of rotatable bonds is 5. The van der Waals surface area contributed by atoms with Crippen LogP contribution in [0.4, 0.5) is 0 Å². The van der Waals surface area contributed by atoms with Gasteiger partial charge < -0.3 is 4.74 Å². The summed E-state index contributed by atoms with van der Waals surface area (Å²) >= 11 is 6.84. The Morgan fingerprint density at radius 1 is 1.59 bits per heavy atom. The molecule has 0 atom stereocenters. The highest BCUT2D eigenvalue weighted by Crippen LogP contribution is 2.24. The second kappa shape index (κ2) is 5.52. The first kappa shape index (κ1) is 12.4. The van der Waals surface area contributed by atoms with Gasteiger partial charge in [0.05, 0.1) is 23.0 Å². The zero-order valence-corrected chi connectivity index (χ0v) is 11.4. The van der Waals surface area contributed by atoms with Gasteiger partial charge in [0, 0.05) is 13.3 Å². The largest absolute Gasteiger partial charge is 0.383 e. The number of nitrogens with zero attached hydrogens (tertiary/aromatic N) is 3. The van der Waals surface area contributed by atoms with Gasteiger partial charge in [0.15, 0.2) is 10.6 Å². The third-order valence-electron chi connectivity index (χ3n) is 2.35. The third-order valence-corrected chi connectivity index (χ3v) is 3.80. The molecule has 0 aliphatic heterocycles. The van der Waals surface area contributed by atoms with Crippen LogP contribution in [0.1, 0.15) is 11.9 Å². The summed E-state index contributed by atoms with van der Waals surface area (Å²) in [6.45, 7) is 3.39. The minimum absolute atomic E-state index is 0.611. The van der Waals surface area contributed by atoms with Crippen molar-refractivity contribution in [2.45, 2.75) is 19.9 Å². The maximum atomic E-state index is 5.19. The highest BCUT2D eigenvalue weighted by Gasteiger charge is 2.11. The molecule has 0 unspecified atom stereocenters. The Labute approximate surface area is 108 Å². The lowest BCUT2D eigenvalue weighted by Gasteiger charge is -2.03. The number of nitrogens with one attached hydrogen (secondary N) is 1. The van der Waals surface area contributed by atoms with Gasteiger partial charge in [-0.1, -0.05) is 6.92 Å². The molecule has 0 amide bonds. The zero-order chi connectivity index (χ0) is 12.3. The highest BCUT2D eigenvalue weighted by atomic mass is 32.1. The standard InChI is InChI=1S/C10H14N4OS2/c1-3-8-11-6-7(17-8)9-12-13-10(16)14(9)4-5-15-2/h6H,3-5H2,1-2H3,(H,13,16). The van der Waals surface area contributed by atoms with Gasteiger partial charge in [-0.3, -0.25) is 9.67 Å². The van der Waals surface area contributed by atoms with Crippen LogP contribution in [0.15, 0.2) is 6.20 Å². The van der Waals surface area contributed by atoms with Crippen LogP contribution in [0.3, 0.4) is 0 Å². The summed E-state index contributed by atoms with van der Waals surface area (Å²) < 4.78 is 7.62. The minimum Gasteiger partial charge on any atom is -0.383 e. The van der Waals surface area contributed by atoms with E-state index in [0.29, 0.717) is 17.9 Å². The van der Waals surface area contributed by atoms with Crippen molar-refractivity contribution in [1.29, 1.82) is 0 Å². The van der Waals surface area contributed by atoms with Crippen molar-refractivity contribution in [2.75, 3.05) is 13.7 Å². The van der Waals surface area contributed by atoms with E-state index in [1.54, 1.807) is 18.4 Å². The van der Waals surface area contributed by atoms with E-state index in [2.05, 4.69) is 22.1 Å². The summed E-state index contributed by atoms with van der Waals surface area (Å²) in [4.78, 5) is 5.36. The molecule has 0 saturated carbocycles. The number of thiazole rings is 1. The first-order valence-electron chi connectivity index (χ1n) is 5.35. The molecule has 0 fully saturated rings. The first-order valence-corrected chi connectivity index (χ1v) is 6.58. The van der Waals surface area contributed by atoms with Gasteiger partial charge in [-0.25, -0.2) is 4.98 Å². The Hall–Kier alpha value is -1.05. The van der Waals surface area contributed by atoms with Crippen LogP contribution < -0.4 is 0 Å². The van der Waals surface area contributed by atoms with E-state index in [0.717, 1.165) is 22.1 Å². The second-order valence-corrected chi connectivity index (χ2v) is 4.97. The lowest BCUT2D eigenvalue weighted by atomic mass is 10.5. The van der Waals surface area contributed by atoms with Gasteiger partial charge in [0.2, 0.25) is 0 Å². The summed E-state index contributed by atoms with van der Waals surface area (Å²) in [6.07, 6.45) is 2.78. The number of ether oxygens (including phenoxy) is 1. The highest BCUT2D eigenvalue weighted by molar-refractivity contribution is 7.71. The third kappa shape index (κ3) is 2.62. The Balaban J connectivity index is 2.34. The maximum Gasteiger partial charge on any atom is 0.195 e. The Bertz CT molecular complexity index is 542. The molecule has 92 valence electrons. The summed E-state index contributed by atoms with van der Waals surface area (Å²) in [5.74, 6) is 0.837.